The molecule has 0 fully saturated rings. The van der Waals surface area contributed by atoms with Crippen molar-refractivity contribution in [3.8, 4) is 0 Å². The molecular formula is C24H29N3O2. The van der Waals surface area contributed by atoms with E-state index in [0.717, 1.165) is 44.3 Å². The van der Waals surface area contributed by atoms with Gasteiger partial charge in [-0.05, 0) is 67.6 Å². The molecule has 1 aromatic heterocycles. The molecule has 0 bridgehead atoms. The van der Waals surface area contributed by atoms with Gasteiger partial charge in [0.05, 0.1) is 17.3 Å². The third-order valence-corrected chi connectivity index (χ3v) is 5.93. The molecule has 1 heterocycles. The smallest absolute Gasteiger partial charge is 0.273 e. The Morgan fingerprint density at radius 3 is 2.21 bits per heavy atom. The summed E-state index contributed by atoms with van der Waals surface area (Å²) < 4.78 is 1.43. The van der Waals surface area contributed by atoms with E-state index in [1.165, 1.54) is 15.8 Å². The Morgan fingerprint density at radius 1 is 0.966 bits per heavy atom. The summed E-state index contributed by atoms with van der Waals surface area (Å²) in [7, 11) is 0. The van der Waals surface area contributed by atoms with Gasteiger partial charge in [-0.1, -0.05) is 44.2 Å². The standard InChI is InChI=1S/C24H29N3O2/c1-3-10-26(11-4-2)20-12-18-14-21-22(15-19(18)13-20)24(29)27(25-23(21)28)16-17-8-6-5-7-9-17/h5-9,14-15,20H,3-4,10-13,16H2,1-2H3,(H,25,28). The lowest BCUT2D eigenvalue weighted by atomic mass is 10.1. The molecule has 1 N–H and O–H groups in total. The zero-order chi connectivity index (χ0) is 20.4. The van der Waals surface area contributed by atoms with E-state index < -0.39 is 0 Å². The van der Waals surface area contributed by atoms with Crippen molar-refractivity contribution >= 4 is 10.8 Å². The van der Waals surface area contributed by atoms with Crippen molar-refractivity contribution in [1.29, 1.82) is 0 Å². The van der Waals surface area contributed by atoms with Gasteiger partial charge < -0.3 is 0 Å². The number of hydrogen-bond donors (Lipinski definition) is 1. The molecule has 1 atom stereocenters. The Bertz CT molecular complexity index is 1110. The van der Waals surface area contributed by atoms with Crippen LogP contribution >= 0.6 is 0 Å². The number of benzene rings is 2. The van der Waals surface area contributed by atoms with Crippen LogP contribution in [0.2, 0.25) is 0 Å². The molecule has 29 heavy (non-hydrogen) atoms. The van der Waals surface area contributed by atoms with Crippen molar-refractivity contribution in [3.63, 3.8) is 0 Å². The molecule has 1 aliphatic rings. The van der Waals surface area contributed by atoms with Gasteiger partial charge in [-0.25, -0.2) is 4.68 Å². The zero-order valence-corrected chi connectivity index (χ0v) is 17.3. The van der Waals surface area contributed by atoms with Crippen LogP contribution in [0.25, 0.3) is 10.8 Å². The predicted molar refractivity (Wildman–Crippen MR) is 118 cm³/mol. The lowest BCUT2D eigenvalue weighted by Crippen LogP contribution is -2.37. The number of fused-ring (bicyclic) bond motifs is 2. The molecule has 1 unspecified atom stereocenters. The molecule has 152 valence electrons. The first-order valence-electron chi connectivity index (χ1n) is 10.7. The fraction of sp³-hybridized carbons (Fsp3) is 0.417. The third kappa shape index (κ3) is 3.92. The van der Waals surface area contributed by atoms with E-state index in [4.69, 9.17) is 0 Å². The molecule has 0 aliphatic heterocycles. The number of aromatic nitrogens is 2. The second-order valence-electron chi connectivity index (χ2n) is 8.08. The summed E-state index contributed by atoms with van der Waals surface area (Å²) in [5.41, 5.74) is 3.09. The van der Waals surface area contributed by atoms with Crippen LogP contribution in [-0.2, 0) is 19.4 Å². The number of aromatic amines is 1. The molecule has 0 saturated heterocycles. The minimum atomic E-state index is -0.194. The lowest BCUT2D eigenvalue weighted by molar-refractivity contribution is 0.202. The van der Waals surface area contributed by atoms with Crippen LogP contribution in [0.3, 0.4) is 0 Å². The Morgan fingerprint density at radius 2 is 1.59 bits per heavy atom. The van der Waals surface area contributed by atoms with Crippen molar-refractivity contribution in [2.75, 3.05) is 13.1 Å². The first-order chi connectivity index (χ1) is 14.1. The average Bonchev–Trinajstić information content (AvgIpc) is 3.14. The Hall–Kier alpha value is -2.66. The molecule has 0 spiro atoms. The number of hydrogen-bond acceptors (Lipinski definition) is 3. The van der Waals surface area contributed by atoms with Crippen molar-refractivity contribution in [2.24, 2.45) is 0 Å². The summed E-state index contributed by atoms with van der Waals surface area (Å²) in [6.45, 7) is 6.99. The maximum absolute atomic E-state index is 13.1. The molecule has 0 saturated carbocycles. The van der Waals surface area contributed by atoms with Gasteiger partial charge in [0.25, 0.3) is 11.1 Å². The second kappa shape index (κ2) is 8.37. The normalized spacial score (nSPS) is 15.9. The summed E-state index contributed by atoms with van der Waals surface area (Å²) in [6, 6.07) is 14.1. The maximum atomic E-state index is 13.1. The highest BCUT2D eigenvalue weighted by atomic mass is 16.2. The molecular weight excluding hydrogens is 362 g/mol. The molecule has 5 heteroatoms. The number of nitrogens with one attached hydrogen (secondary N) is 1. The lowest BCUT2D eigenvalue weighted by Gasteiger charge is -2.27. The Labute approximate surface area is 171 Å². The van der Waals surface area contributed by atoms with Gasteiger partial charge in [0.2, 0.25) is 0 Å². The van der Waals surface area contributed by atoms with Crippen molar-refractivity contribution in [3.05, 3.63) is 79.9 Å². The van der Waals surface area contributed by atoms with Gasteiger partial charge in [-0.2, -0.15) is 0 Å². The van der Waals surface area contributed by atoms with Crippen LogP contribution in [0.1, 0.15) is 43.4 Å². The second-order valence-corrected chi connectivity index (χ2v) is 8.08. The third-order valence-electron chi connectivity index (χ3n) is 5.93. The van der Waals surface area contributed by atoms with Gasteiger partial charge in [-0.3, -0.25) is 19.6 Å². The summed E-state index contributed by atoms with van der Waals surface area (Å²) in [5.74, 6) is 0. The first-order valence-corrected chi connectivity index (χ1v) is 10.7. The van der Waals surface area contributed by atoms with Gasteiger partial charge in [0.15, 0.2) is 0 Å². The van der Waals surface area contributed by atoms with E-state index >= 15 is 0 Å². The summed E-state index contributed by atoms with van der Waals surface area (Å²) in [4.78, 5) is 28.4. The van der Waals surface area contributed by atoms with E-state index in [1.807, 2.05) is 42.5 Å². The zero-order valence-electron chi connectivity index (χ0n) is 17.3. The van der Waals surface area contributed by atoms with E-state index in [-0.39, 0.29) is 11.1 Å². The number of nitrogens with zero attached hydrogens (tertiary/aromatic N) is 2. The molecule has 5 nitrogen and oxygen atoms in total. The van der Waals surface area contributed by atoms with Gasteiger partial charge in [0.1, 0.15) is 0 Å². The molecule has 0 amide bonds. The van der Waals surface area contributed by atoms with E-state index in [0.29, 0.717) is 23.4 Å². The first kappa shape index (κ1) is 19.6. The predicted octanol–water partition coefficient (Wildman–Crippen LogP) is 3.33. The topological polar surface area (TPSA) is 58.1 Å². The minimum absolute atomic E-state index is 0.131. The largest absolute Gasteiger partial charge is 0.300 e. The van der Waals surface area contributed by atoms with Gasteiger partial charge >= 0.3 is 0 Å². The van der Waals surface area contributed by atoms with Crippen LogP contribution < -0.4 is 11.1 Å². The van der Waals surface area contributed by atoms with Crippen molar-refractivity contribution < 1.29 is 0 Å². The van der Waals surface area contributed by atoms with Gasteiger partial charge in [-0.15, -0.1) is 0 Å². The molecule has 1 aliphatic carbocycles. The van der Waals surface area contributed by atoms with Crippen molar-refractivity contribution in [2.45, 2.75) is 52.1 Å². The number of rotatable bonds is 7. The average molecular weight is 392 g/mol. The SMILES string of the molecule is CCCN(CCC)C1Cc2cc3c(=O)[nH]n(Cc4ccccc4)c(=O)c3cc2C1. The van der Waals surface area contributed by atoms with Crippen LogP contribution in [0.4, 0.5) is 0 Å². The van der Waals surface area contributed by atoms with Crippen LogP contribution in [0.15, 0.2) is 52.1 Å². The highest BCUT2D eigenvalue weighted by Gasteiger charge is 2.27. The molecule has 2 aromatic carbocycles. The van der Waals surface area contributed by atoms with Crippen molar-refractivity contribution in [1.82, 2.24) is 14.7 Å². The molecule has 3 aromatic rings. The summed E-state index contributed by atoms with van der Waals surface area (Å²) >= 11 is 0. The number of H-pyrrole nitrogens is 1. The minimum Gasteiger partial charge on any atom is -0.300 e. The highest BCUT2D eigenvalue weighted by Crippen LogP contribution is 2.28. The van der Waals surface area contributed by atoms with Crippen LogP contribution in [0.5, 0.6) is 0 Å². The molecule has 4 rings (SSSR count). The quantitative estimate of drug-likeness (QED) is 0.672. The van der Waals surface area contributed by atoms with E-state index in [1.54, 1.807) is 0 Å². The molecule has 0 radical (unpaired) electrons. The highest BCUT2D eigenvalue weighted by molar-refractivity contribution is 5.82. The Kier molecular flexibility index (Phi) is 5.67. The summed E-state index contributed by atoms with van der Waals surface area (Å²) in [6.07, 6.45) is 4.19. The fourth-order valence-corrected chi connectivity index (χ4v) is 4.58. The fourth-order valence-electron chi connectivity index (χ4n) is 4.58. The van der Waals surface area contributed by atoms with Crippen LogP contribution in [-0.4, -0.2) is 33.8 Å². The van der Waals surface area contributed by atoms with E-state index in [2.05, 4.69) is 23.8 Å². The van der Waals surface area contributed by atoms with Gasteiger partial charge in [0, 0.05) is 6.04 Å². The summed E-state index contributed by atoms with van der Waals surface area (Å²) in [5, 5.41) is 3.81. The monoisotopic (exact) mass is 391 g/mol. The van der Waals surface area contributed by atoms with Crippen LogP contribution in [0, 0.1) is 0 Å². The Balaban J connectivity index is 1.70. The maximum Gasteiger partial charge on any atom is 0.273 e. The van der Waals surface area contributed by atoms with E-state index in [9.17, 15) is 9.59 Å².